The molecule has 0 fully saturated rings. The molecular weight excluding hydrogens is 496 g/mol. The van der Waals surface area contributed by atoms with Gasteiger partial charge in [-0.2, -0.15) is 0 Å². The number of carbonyl (C=O) groups is 2. The molecule has 14 rings (SSSR count). The predicted molar refractivity (Wildman–Crippen MR) is 164 cm³/mol. The summed E-state index contributed by atoms with van der Waals surface area (Å²) in [6, 6.07) is 27.7. The highest BCUT2D eigenvalue weighted by Crippen LogP contribution is 2.22. The molecule has 40 heavy (non-hydrogen) atoms. The quantitative estimate of drug-likeness (QED) is 0.218. The van der Waals surface area contributed by atoms with Crippen molar-refractivity contribution in [3.63, 3.8) is 0 Å². The second-order valence-corrected chi connectivity index (χ2v) is 9.34. The summed E-state index contributed by atoms with van der Waals surface area (Å²) in [6.07, 6.45) is 15.7. The van der Waals surface area contributed by atoms with Crippen molar-refractivity contribution in [3.05, 3.63) is 141 Å². The maximum Gasteiger partial charge on any atom is 0.338 e. The highest BCUT2D eigenvalue weighted by Gasteiger charge is 2.12. The van der Waals surface area contributed by atoms with E-state index in [-0.39, 0.29) is 11.9 Å². The first-order valence-corrected chi connectivity index (χ1v) is 12.9. The maximum atomic E-state index is 12.5. The Balaban J connectivity index is 1.58. The summed E-state index contributed by atoms with van der Waals surface area (Å²) >= 11 is 0. The van der Waals surface area contributed by atoms with Crippen molar-refractivity contribution >= 4 is 60.5 Å². The Morgan fingerprint density at radius 3 is 1.00 bits per heavy atom. The van der Waals surface area contributed by atoms with E-state index in [1.165, 1.54) is 14.2 Å². The van der Waals surface area contributed by atoms with Crippen LogP contribution in [0.5, 0.6) is 0 Å². The molecule has 196 valence electrons. The molecule has 0 aromatic heterocycles. The summed E-state index contributed by atoms with van der Waals surface area (Å²) in [5, 5.41) is 0. The third-order valence-corrected chi connectivity index (χ3v) is 6.69. The summed E-state index contributed by atoms with van der Waals surface area (Å²) in [7, 11) is 2.79. The Labute approximate surface area is 234 Å². The van der Waals surface area contributed by atoms with Crippen LogP contribution in [0.4, 0.5) is 0 Å². The monoisotopic (exact) mass is 524 g/mol. The third-order valence-electron chi connectivity index (χ3n) is 6.69. The Morgan fingerprint density at radius 2 is 0.675 bits per heavy atom. The zero-order chi connectivity index (χ0) is 27.9. The van der Waals surface area contributed by atoms with Crippen LogP contribution >= 0.6 is 0 Å². The second kappa shape index (κ2) is 12.1. The molecule has 0 saturated carbocycles. The van der Waals surface area contributed by atoms with Crippen molar-refractivity contribution in [1.29, 1.82) is 0 Å². The molecule has 0 heterocycles. The van der Waals surface area contributed by atoms with Gasteiger partial charge < -0.3 is 9.47 Å². The van der Waals surface area contributed by atoms with Crippen LogP contribution in [0, 0.1) is 0 Å². The zero-order valence-corrected chi connectivity index (χ0v) is 22.3. The van der Waals surface area contributed by atoms with E-state index >= 15 is 0 Å². The SMILES string of the molecule is COC(=O)c1cc2ccc1/C=C\c1ccc(cc1)/C=C\c1ccc(c(C(=O)OC)c1)/C=C\c1ccc(cc1)/C=C\2. The first-order valence-electron chi connectivity index (χ1n) is 12.9. The van der Waals surface area contributed by atoms with E-state index in [0.717, 1.165) is 44.5 Å². The van der Waals surface area contributed by atoms with Crippen LogP contribution in [-0.2, 0) is 9.47 Å². The fourth-order valence-electron chi connectivity index (χ4n) is 4.41. The largest absolute Gasteiger partial charge is 0.465 e. The minimum atomic E-state index is -0.379. The Morgan fingerprint density at radius 1 is 0.400 bits per heavy atom. The molecule has 0 amide bonds. The van der Waals surface area contributed by atoms with Gasteiger partial charge in [0.15, 0.2) is 0 Å². The van der Waals surface area contributed by atoms with Gasteiger partial charge in [0.1, 0.15) is 0 Å². The van der Waals surface area contributed by atoms with Gasteiger partial charge in [0, 0.05) is 0 Å². The van der Waals surface area contributed by atoms with Gasteiger partial charge in [-0.25, -0.2) is 9.59 Å². The van der Waals surface area contributed by atoms with Crippen molar-refractivity contribution in [2.75, 3.05) is 14.2 Å². The van der Waals surface area contributed by atoms with E-state index in [0.29, 0.717) is 11.1 Å². The number of rotatable bonds is 2. The summed E-state index contributed by atoms with van der Waals surface area (Å²) in [4.78, 5) is 25.1. The molecule has 0 atom stereocenters. The number of carbonyl (C=O) groups excluding carboxylic acids is 2. The number of hydrogen-bond acceptors (Lipinski definition) is 4. The smallest absolute Gasteiger partial charge is 0.338 e. The van der Waals surface area contributed by atoms with E-state index in [9.17, 15) is 9.59 Å². The van der Waals surface area contributed by atoms with E-state index in [1.54, 1.807) is 0 Å². The molecule has 0 aliphatic heterocycles. The minimum Gasteiger partial charge on any atom is -0.465 e. The van der Waals surface area contributed by atoms with Crippen molar-refractivity contribution in [2.24, 2.45) is 0 Å². The molecule has 10 aliphatic carbocycles. The summed E-state index contributed by atoms with van der Waals surface area (Å²) < 4.78 is 10.1. The second-order valence-electron chi connectivity index (χ2n) is 9.34. The molecule has 0 unspecified atom stereocenters. The maximum absolute atomic E-state index is 12.5. The van der Waals surface area contributed by atoms with Crippen LogP contribution < -0.4 is 0 Å². The highest BCUT2D eigenvalue weighted by molar-refractivity contribution is 5.97. The number of esters is 2. The molecule has 0 spiro atoms. The van der Waals surface area contributed by atoms with E-state index < -0.39 is 0 Å². The summed E-state index contributed by atoms with van der Waals surface area (Å²) in [5.41, 5.74) is 8.40. The Hall–Kier alpha value is -5.22. The van der Waals surface area contributed by atoms with Gasteiger partial charge in [0.05, 0.1) is 25.3 Å². The fraction of sp³-hybridized carbons (Fsp3) is 0.0556. The topological polar surface area (TPSA) is 52.6 Å². The molecule has 10 aliphatic rings. The predicted octanol–water partition coefficient (Wildman–Crippen LogP) is 8.25. The molecule has 0 saturated heterocycles. The standard InChI is InChI=1S/C36H28O4/c1-39-35(37)33-23-29-13-11-25-5-9-28(10-6-25)16-20-32-22-18-30(24-34(32)36(38)40-2)14-12-26-3-7-27(8-4-26)15-19-31(33)21-17-29/h3-24H,1-2H3/b13-11-,14-12-,19-15-,20-16-,25-11?,26-12?,27-15?,28-16?,29-13?,30-14?,31-19?,32-20?. The molecule has 4 nitrogen and oxygen atoms in total. The van der Waals surface area contributed by atoms with Crippen molar-refractivity contribution in [1.82, 2.24) is 0 Å². The number of hydrogen-bond donors (Lipinski definition) is 0. The Kier molecular flexibility index (Phi) is 7.98. The zero-order valence-electron chi connectivity index (χ0n) is 22.3. The normalized spacial score (nSPS) is 15.2. The van der Waals surface area contributed by atoms with Gasteiger partial charge in [0.2, 0.25) is 0 Å². The molecule has 4 heteroatoms. The number of methoxy groups -OCH3 is 2. The number of ether oxygens (including phenoxy) is 2. The highest BCUT2D eigenvalue weighted by atomic mass is 16.5. The van der Waals surface area contributed by atoms with Gasteiger partial charge in [0.25, 0.3) is 0 Å². The average molecular weight is 525 g/mol. The third kappa shape index (κ3) is 6.25. The van der Waals surface area contributed by atoms with Gasteiger partial charge in [-0.1, -0.05) is 121 Å². The summed E-state index contributed by atoms with van der Waals surface area (Å²) in [6.45, 7) is 0. The van der Waals surface area contributed by atoms with Gasteiger partial charge in [-0.3, -0.25) is 0 Å². The average Bonchev–Trinajstić information content (AvgIpc) is 3.01. The Bertz CT molecular complexity index is 1540. The molecule has 4 aromatic rings. The van der Waals surface area contributed by atoms with Gasteiger partial charge in [-0.05, 0) is 56.6 Å². The van der Waals surface area contributed by atoms with Crippen LogP contribution in [-0.4, -0.2) is 26.2 Å². The molecule has 0 radical (unpaired) electrons. The first-order chi connectivity index (χ1) is 19.5. The van der Waals surface area contributed by atoms with Crippen molar-refractivity contribution in [2.45, 2.75) is 0 Å². The molecule has 8 bridgehead atoms. The van der Waals surface area contributed by atoms with Crippen LogP contribution in [0.3, 0.4) is 0 Å². The van der Waals surface area contributed by atoms with Crippen molar-refractivity contribution in [3.8, 4) is 0 Å². The van der Waals surface area contributed by atoms with E-state index in [1.807, 2.05) is 134 Å². The number of benzene rings is 4. The van der Waals surface area contributed by atoms with Crippen LogP contribution in [0.1, 0.15) is 65.2 Å². The van der Waals surface area contributed by atoms with Crippen molar-refractivity contribution < 1.29 is 19.1 Å². The lowest BCUT2D eigenvalue weighted by atomic mass is 10.0. The lowest BCUT2D eigenvalue weighted by Gasteiger charge is -2.07. The van der Waals surface area contributed by atoms with Crippen LogP contribution in [0.25, 0.3) is 48.6 Å². The van der Waals surface area contributed by atoms with Crippen LogP contribution in [0.15, 0.2) is 84.9 Å². The van der Waals surface area contributed by atoms with Gasteiger partial charge in [-0.15, -0.1) is 0 Å². The fourth-order valence-corrected chi connectivity index (χ4v) is 4.41. The summed E-state index contributed by atoms with van der Waals surface area (Å²) in [5.74, 6) is -0.757. The van der Waals surface area contributed by atoms with Gasteiger partial charge >= 0.3 is 11.9 Å². The molecular formula is C36H28O4. The first kappa shape index (κ1) is 26.4. The van der Waals surface area contributed by atoms with Crippen LogP contribution in [0.2, 0.25) is 0 Å². The molecule has 0 N–H and O–H groups in total. The lowest BCUT2D eigenvalue weighted by Crippen LogP contribution is -2.04. The minimum absolute atomic E-state index is 0.379. The molecule has 4 aromatic carbocycles. The lowest BCUT2D eigenvalue weighted by molar-refractivity contribution is 0.0591. The van der Waals surface area contributed by atoms with E-state index in [2.05, 4.69) is 0 Å². The van der Waals surface area contributed by atoms with E-state index in [4.69, 9.17) is 9.47 Å².